The zero-order valence-electron chi connectivity index (χ0n) is 9.83. The van der Waals surface area contributed by atoms with E-state index in [0.29, 0.717) is 5.39 Å². The molecule has 0 radical (unpaired) electrons. The van der Waals surface area contributed by atoms with Crippen molar-refractivity contribution in [1.82, 2.24) is 10.3 Å². The topological polar surface area (TPSA) is 62.0 Å². The second-order valence-electron chi connectivity index (χ2n) is 3.84. The van der Waals surface area contributed by atoms with Crippen LogP contribution in [-0.2, 0) is 6.42 Å². The van der Waals surface area contributed by atoms with Gasteiger partial charge >= 0.3 is 0 Å². The Bertz CT molecular complexity index is 629. The Labute approximate surface area is 98.7 Å². The lowest BCUT2D eigenvalue weighted by atomic mass is 10.1. The van der Waals surface area contributed by atoms with E-state index in [2.05, 4.69) is 17.2 Å². The molecule has 0 saturated heterocycles. The Hall–Kier alpha value is -2.10. The van der Waals surface area contributed by atoms with Crippen molar-refractivity contribution in [3.63, 3.8) is 0 Å². The smallest absolute Gasteiger partial charge is 0.256 e. The number of carbonyl (C=O) groups is 1. The van der Waals surface area contributed by atoms with Gasteiger partial charge in [-0.15, -0.1) is 0 Å². The van der Waals surface area contributed by atoms with Gasteiger partial charge in [-0.1, -0.05) is 13.0 Å². The van der Waals surface area contributed by atoms with Gasteiger partial charge in [0.05, 0.1) is 0 Å². The van der Waals surface area contributed by atoms with Crippen molar-refractivity contribution in [3.05, 3.63) is 45.7 Å². The number of aromatic amines is 1. The molecule has 0 atom stereocenters. The first-order valence-corrected chi connectivity index (χ1v) is 5.53. The van der Waals surface area contributed by atoms with E-state index in [4.69, 9.17) is 0 Å². The monoisotopic (exact) mass is 230 g/mol. The Morgan fingerprint density at radius 2 is 2.18 bits per heavy atom. The summed E-state index contributed by atoms with van der Waals surface area (Å²) in [5.41, 5.74) is 1.83. The molecule has 1 heterocycles. The Kier molecular flexibility index (Phi) is 2.95. The van der Waals surface area contributed by atoms with Crippen molar-refractivity contribution in [2.75, 3.05) is 7.05 Å². The van der Waals surface area contributed by atoms with E-state index in [9.17, 15) is 9.59 Å². The minimum Gasteiger partial charge on any atom is -0.360 e. The lowest BCUT2D eigenvalue weighted by molar-refractivity contribution is 0.0962. The van der Waals surface area contributed by atoms with E-state index < -0.39 is 0 Å². The van der Waals surface area contributed by atoms with E-state index in [0.717, 1.165) is 17.5 Å². The van der Waals surface area contributed by atoms with Gasteiger partial charge in [0.1, 0.15) is 5.56 Å². The van der Waals surface area contributed by atoms with Crippen LogP contribution in [0, 0.1) is 0 Å². The Balaban J connectivity index is 2.69. The molecule has 0 aliphatic heterocycles. The highest BCUT2D eigenvalue weighted by molar-refractivity contribution is 5.96. The van der Waals surface area contributed by atoms with Crippen LogP contribution in [0.1, 0.15) is 22.8 Å². The number of hydrogen-bond acceptors (Lipinski definition) is 2. The molecule has 0 aliphatic rings. The van der Waals surface area contributed by atoms with Crippen molar-refractivity contribution in [2.45, 2.75) is 13.3 Å². The number of pyridine rings is 1. The van der Waals surface area contributed by atoms with Crippen molar-refractivity contribution in [3.8, 4) is 0 Å². The molecule has 1 aromatic heterocycles. The largest absolute Gasteiger partial charge is 0.360 e. The van der Waals surface area contributed by atoms with Crippen molar-refractivity contribution in [1.29, 1.82) is 0 Å². The van der Waals surface area contributed by atoms with Crippen LogP contribution < -0.4 is 10.7 Å². The first-order valence-electron chi connectivity index (χ1n) is 5.53. The fourth-order valence-corrected chi connectivity index (χ4v) is 1.79. The molecule has 88 valence electrons. The Morgan fingerprint density at radius 1 is 1.41 bits per heavy atom. The van der Waals surface area contributed by atoms with Crippen LogP contribution in [0.3, 0.4) is 0 Å². The van der Waals surface area contributed by atoms with E-state index >= 15 is 0 Å². The number of hydrogen-bond donors (Lipinski definition) is 2. The summed E-state index contributed by atoms with van der Waals surface area (Å²) in [5, 5.41) is 3.00. The van der Waals surface area contributed by atoms with Crippen LogP contribution in [0.2, 0.25) is 0 Å². The van der Waals surface area contributed by atoms with Gasteiger partial charge in [-0.25, -0.2) is 0 Å². The normalized spacial score (nSPS) is 10.5. The maximum Gasteiger partial charge on any atom is 0.256 e. The third-order valence-electron chi connectivity index (χ3n) is 2.83. The minimum absolute atomic E-state index is 0.143. The minimum atomic E-state index is -0.368. The van der Waals surface area contributed by atoms with Gasteiger partial charge in [0.25, 0.3) is 5.91 Å². The molecule has 0 spiro atoms. The van der Waals surface area contributed by atoms with Crippen LogP contribution in [-0.4, -0.2) is 17.9 Å². The molecule has 4 heteroatoms. The van der Waals surface area contributed by atoms with Gasteiger partial charge < -0.3 is 10.3 Å². The molecule has 4 nitrogen and oxygen atoms in total. The fourth-order valence-electron chi connectivity index (χ4n) is 1.79. The number of fused-ring (bicyclic) bond motifs is 1. The fraction of sp³-hybridized carbons (Fsp3) is 0.231. The summed E-state index contributed by atoms with van der Waals surface area (Å²) in [6.07, 6.45) is 2.37. The Morgan fingerprint density at radius 3 is 2.82 bits per heavy atom. The second kappa shape index (κ2) is 4.41. The number of amides is 1. The number of aromatic nitrogens is 1. The highest BCUT2D eigenvalue weighted by atomic mass is 16.2. The number of H-pyrrole nitrogens is 1. The van der Waals surface area contributed by atoms with Gasteiger partial charge in [0.15, 0.2) is 0 Å². The first kappa shape index (κ1) is 11.4. The van der Waals surface area contributed by atoms with Gasteiger partial charge in [-0.05, 0) is 24.1 Å². The molecular weight excluding hydrogens is 216 g/mol. The van der Waals surface area contributed by atoms with Crippen LogP contribution in [0.15, 0.2) is 29.2 Å². The maximum absolute atomic E-state index is 12.0. The van der Waals surface area contributed by atoms with E-state index in [1.165, 1.54) is 13.2 Å². The van der Waals surface area contributed by atoms with Gasteiger partial charge in [0, 0.05) is 24.1 Å². The molecule has 0 aliphatic carbocycles. The van der Waals surface area contributed by atoms with Gasteiger partial charge in [-0.2, -0.15) is 0 Å². The highest BCUT2D eigenvalue weighted by Crippen LogP contribution is 2.11. The number of aryl methyl sites for hydroxylation is 1. The predicted molar refractivity (Wildman–Crippen MR) is 67.3 cm³/mol. The predicted octanol–water partition coefficient (Wildman–Crippen LogP) is 1.45. The number of nitrogens with one attached hydrogen (secondary N) is 2. The second-order valence-corrected chi connectivity index (χ2v) is 3.84. The third kappa shape index (κ3) is 1.93. The number of benzene rings is 1. The lowest BCUT2D eigenvalue weighted by Crippen LogP contribution is -2.25. The third-order valence-corrected chi connectivity index (χ3v) is 2.83. The molecule has 0 saturated carbocycles. The molecule has 0 bridgehead atoms. The summed E-state index contributed by atoms with van der Waals surface area (Å²) in [7, 11) is 1.51. The van der Waals surface area contributed by atoms with Crippen LogP contribution in [0.5, 0.6) is 0 Å². The molecule has 0 fully saturated rings. The summed E-state index contributed by atoms with van der Waals surface area (Å²) in [6.45, 7) is 2.05. The van der Waals surface area contributed by atoms with Crippen LogP contribution in [0.25, 0.3) is 10.9 Å². The summed E-state index contributed by atoms with van der Waals surface area (Å²) in [6, 6.07) is 5.61. The van der Waals surface area contributed by atoms with Gasteiger partial charge in [-0.3, -0.25) is 9.59 Å². The SMILES string of the molecule is CCc1ccc2c(=O)c(C(=O)NC)c[nH]c2c1. The van der Waals surface area contributed by atoms with Crippen LogP contribution in [0.4, 0.5) is 0 Å². The summed E-state index contributed by atoms with van der Waals surface area (Å²) < 4.78 is 0. The lowest BCUT2D eigenvalue weighted by Gasteiger charge is -2.03. The average molecular weight is 230 g/mol. The van der Waals surface area contributed by atoms with Crippen LogP contribution >= 0.6 is 0 Å². The molecule has 1 aromatic carbocycles. The van der Waals surface area contributed by atoms with Gasteiger partial charge in [0.2, 0.25) is 5.43 Å². The van der Waals surface area contributed by atoms with Crippen molar-refractivity contribution in [2.24, 2.45) is 0 Å². The zero-order valence-corrected chi connectivity index (χ0v) is 9.83. The van der Waals surface area contributed by atoms with E-state index in [1.807, 2.05) is 12.1 Å². The molecule has 2 rings (SSSR count). The molecule has 2 aromatic rings. The summed E-state index contributed by atoms with van der Waals surface area (Å²) in [4.78, 5) is 26.5. The molecule has 0 unspecified atom stereocenters. The zero-order chi connectivity index (χ0) is 12.4. The van der Waals surface area contributed by atoms with Crippen molar-refractivity contribution < 1.29 is 4.79 Å². The first-order chi connectivity index (χ1) is 8.17. The molecule has 2 N–H and O–H groups in total. The molecule has 1 amide bonds. The number of carbonyl (C=O) groups excluding carboxylic acids is 1. The summed E-state index contributed by atoms with van der Waals surface area (Å²) in [5.74, 6) is -0.368. The van der Waals surface area contributed by atoms with E-state index in [1.54, 1.807) is 6.07 Å². The highest BCUT2D eigenvalue weighted by Gasteiger charge is 2.11. The molecular formula is C13H14N2O2. The molecule has 17 heavy (non-hydrogen) atoms. The average Bonchev–Trinajstić information content (AvgIpc) is 2.38. The summed E-state index contributed by atoms with van der Waals surface area (Å²) >= 11 is 0. The van der Waals surface area contributed by atoms with Crippen molar-refractivity contribution >= 4 is 16.8 Å². The quantitative estimate of drug-likeness (QED) is 0.820. The number of rotatable bonds is 2. The maximum atomic E-state index is 12.0. The standard InChI is InChI=1S/C13H14N2O2/c1-3-8-4-5-9-11(6-8)15-7-10(12(9)16)13(17)14-2/h4-7H,3H2,1-2H3,(H,14,17)(H,15,16). The van der Waals surface area contributed by atoms with E-state index in [-0.39, 0.29) is 16.9 Å².